The molecule has 0 aliphatic heterocycles. The first kappa shape index (κ1) is 27.7. The molecule has 0 radical (unpaired) electrons. The molecule has 0 aliphatic rings. The molecule has 0 N–H and O–H groups in total. The molecule has 0 unspecified atom stereocenters. The normalized spacial score (nSPS) is 13.0. The molecule has 10 nitrogen and oxygen atoms in total. The molecule has 0 atom stereocenters. The largest absolute Gasteiger partial charge is 1.00 e. The zero-order valence-corrected chi connectivity index (χ0v) is 15.2. The average Bonchev–Trinajstić information content (AvgIpc) is 2.11. The van der Waals surface area contributed by atoms with Crippen molar-refractivity contribution in [1.29, 1.82) is 0 Å². The Bertz CT molecular complexity index is 667. The van der Waals surface area contributed by atoms with Gasteiger partial charge in [0.2, 0.25) is 0 Å². The summed E-state index contributed by atoms with van der Waals surface area (Å²) in [6, 6.07) is 0. The Morgan fingerprint density at radius 2 is 0.727 bits per heavy atom. The van der Waals surface area contributed by atoms with Crippen LogP contribution in [0.15, 0.2) is 0 Å². The second kappa shape index (κ2) is 10.0. The SMILES string of the molecule is O=S(=O)([O-])CCCS(=O)(=O)S(=O)(=O)CCCS(=O)(=O)[O-].[Li+].[Li+]. The van der Waals surface area contributed by atoms with Gasteiger partial charge in [-0.1, -0.05) is 0 Å². The second-order valence-corrected chi connectivity index (χ2v) is 12.9. The molecule has 0 fully saturated rings. The molecule has 0 bridgehead atoms. The van der Waals surface area contributed by atoms with Gasteiger partial charge < -0.3 is 9.11 Å². The molecule has 0 aromatic heterocycles. The maximum absolute atomic E-state index is 11.4. The average molecular weight is 386 g/mol. The van der Waals surface area contributed by atoms with Crippen LogP contribution in [-0.2, 0) is 38.0 Å². The minimum atomic E-state index is -4.73. The van der Waals surface area contributed by atoms with Gasteiger partial charge in [0.05, 0.1) is 31.7 Å². The fourth-order valence-corrected chi connectivity index (χ4v) is 6.17. The van der Waals surface area contributed by atoms with Crippen LogP contribution in [0, 0.1) is 0 Å². The molecular weight excluding hydrogens is 374 g/mol. The van der Waals surface area contributed by atoms with Gasteiger partial charge in [0, 0.05) is 11.5 Å². The van der Waals surface area contributed by atoms with Crippen molar-refractivity contribution in [1.82, 2.24) is 0 Å². The van der Waals surface area contributed by atoms with Crippen LogP contribution in [0.2, 0.25) is 0 Å². The molecule has 0 heterocycles. The van der Waals surface area contributed by atoms with Crippen molar-refractivity contribution in [2.24, 2.45) is 0 Å². The quantitative estimate of drug-likeness (QED) is 0.209. The Hall–Kier alpha value is 0.915. The summed E-state index contributed by atoms with van der Waals surface area (Å²) in [6.07, 6.45) is -1.37. The molecule has 0 spiro atoms. The van der Waals surface area contributed by atoms with Crippen molar-refractivity contribution >= 4 is 38.0 Å². The van der Waals surface area contributed by atoms with E-state index in [1.54, 1.807) is 0 Å². The van der Waals surface area contributed by atoms with Gasteiger partial charge in [-0.3, -0.25) is 0 Å². The summed E-state index contributed by atoms with van der Waals surface area (Å²) in [5.74, 6) is -4.20. The summed E-state index contributed by atoms with van der Waals surface area (Å²) in [6.45, 7) is 0. The summed E-state index contributed by atoms with van der Waals surface area (Å²) >= 11 is 0. The van der Waals surface area contributed by atoms with Crippen molar-refractivity contribution < 1.29 is 80.5 Å². The molecule has 122 valence electrons. The maximum atomic E-state index is 11.4. The molecular formula is C6H12Li2O10S4. The van der Waals surface area contributed by atoms with E-state index in [-0.39, 0.29) is 37.7 Å². The molecule has 22 heavy (non-hydrogen) atoms. The van der Waals surface area contributed by atoms with E-state index >= 15 is 0 Å². The molecule has 0 saturated heterocycles. The molecule has 16 heteroatoms. The Kier molecular flexibility index (Phi) is 12.7. The summed E-state index contributed by atoms with van der Waals surface area (Å²) in [5.41, 5.74) is 0. The maximum Gasteiger partial charge on any atom is 1.00 e. The summed E-state index contributed by atoms with van der Waals surface area (Å²) < 4.78 is 107. The summed E-state index contributed by atoms with van der Waals surface area (Å²) in [5, 5.41) is 0. The van der Waals surface area contributed by atoms with Crippen molar-refractivity contribution in [2.45, 2.75) is 12.8 Å². The van der Waals surface area contributed by atoms with Crippen LogP contribution in [0.1, 0.15) is 12.8 Å². The first-order valence-corrected chi connectivity index (χ1v) is 12.0. The molecule has 0 amide bonds. The smallest absolute Gasteiger partial charge is 0.748 e. The van der Waals surface area contributed by atoms with E-state index < -0.39 is 73.8 Å². The van der Waals surface area contributed by atoms with Crippen molar-refractivity contribution in [3.63, 3.8) is 0 Å². The van der Waals surface area contributed by atoms with E-state index in [0.29, 0.717) is 0 Å². The molecule has 0 aromatic rings. The van der Waals surface area contributed by atoms with E-state index in [1.807, 2.05) is 0 Å². The molecule has 0 rings (SSSR count). The van der Waals surface area contributed by atoms with Crippen LogP contribution in [0.25, 0.3) is 0 Å². The second-order valence-electron chi connectivity index (χ2n) is 3.75. The number of hydrogen-bond acceptors (Lipinski definition) is 10. The van der Waals surface area contributed by atoms with Crippen LogP contribution in [0.4, 0.5) is 0 Å². The van der Waals surface area contributed by atoms with Gasteiger partial charge in [0.15, 0.2) is 0 Å². The first-order valence-electron chi connectivity index (χ1n) is 4.99. The van der Waals surface area contributed by atoms with Gasteiger partial charge in [-0.15, -0.1) is 0 Å². The van der Waals surface area contributed by atoms with Crippen LogP contribution >= 0.6 is 0 Å². The standard InChI is InChI=1S/C6H14O10S4.2Li/c7-17(8,9)3-1-5-19(13,14)20(15,16)6-2-4-18(10,11)12;;/h1-6H2,(H,7,8,9)(H,10,11,12);;/q;2*+1/p-2. The van der Waals surface area contributed by atoms with Crippen LogP contribution < -0.4 is 37.7 Å². The van der Waals surface area contributed by atoms with Gasteiger partial charge >= 0.3 is 37.7 Å². The monoisotopic (exact) mass is 386 g/mol. The fraction of sp³-hybridized carbons (Fsp3) is 1.00. The third-order valence-corrected chi connectivity index (χ3v) is 9.21. The predicted molar refractivity (Wildman–Crippen MR) is 65.9 cm³/mol. The number of rotatable bonds is 9. The molecule has 0 aromatic carbocycles. The molecule has 0 saturated carbocycles. The zero-order chi connectivity index (χ0) is 16.2. The van der Waals surface area contributed by atoms with Crippen LogP contribution in [-0.4, -0.2) is 65.8 Å². The summed E-state index contributed by atoms with van der Waals surface area (Å²) in [7, 11) is -18.8. The Morgan fingerprint density at radius 3 is 0.909 bits per heavy atom. The Labute approximate surface area is 153 Å². The third-order valence-electron chi connectivity index (χ3n) is 1.96. The zero-order valence-electron chi connectivity index (χ0n) is 12.0. The van der Waals surface area contributed by atoms with E-state index in [4.69, 9.17) is 0 Å². The van der Waals surface area contributed by atoms with E-state index in [2.05, 4.69) is 0 Å². The van der Waals surface area contributed by atoms with Gasteiger partial charge in [-0.2, -0.15) is 0 Å². The topological polar surface area (TPSA) is 183 Å². The minimum Gasteiger partial charge on any atom is -0.748 e. The Morgan fingerprint density at radius 1 is 0.500 bits per heavy atom. The van der Waals surface area contributed by atoms with Crippen molar-refractivity contribution in [3.8, 4) is 0 Å². The number of hydrogen-bond donors (Lipinski definition) is 0. The van der Waals surface area contributed by atoms with E-state index in [9.17, 15) is 42.8 Å². The van der Waals surface area contributed by atoms with Crippen molar-refractivity contribution in [3.05, 3.63) is 0 Å². The van der Waals surface area contributed by atoms with E-state index in [0.717, 1.165) is 0 Å². The minimum absolute atomic E-state index is 0. The fourth-order valence-electron chi connectivity index (χ4n) is 1.08. The summed E-state index contributed by atoms with van der Waals surface area (Å²) in [4.78, 5) is 0. The van der Waals surface area contributed by atoms with Gasteiger partial charge in [-0.25, -0.2) is 33.7 Å². The van der Waals surface area contributed by atoms with Crippen LogP contribution in [0.5, 0.6) is 0 Å². The van der Waals surface area contributed by atoms with Gasteiger partial charge in [-0.05, 0) is 12.8 Å². The van der Waals surface area contributed by atoms with Gasteiger partial charge in [0.25, 0.3) is 17.7 Å². The Balaban J connectivity index is -0.00000180. The predicted octanol–water partition coefficient (Wildman–Crippen LogP) is -8.39. The molecule has 0 aliphatic carbocycles. The van der Waals surface area contributed by atoms with Gasteiger partial charge in [0.1, 0.15) is 0 Å². The van der Waals surface area contributed by atoms with Crippen molar-refractivity contribution in [2.75, 3.05) is 23.0 Å². The van der Waals surface area contributed by atoms with E-state index in [1.165, 1.54) is 0 Å². The van der Waals surface area contributed by atoms with Crippen LogP contribution in [0.3, 0.4) is 0 Å². The first-order chi connectivity index (χ1) is 8.66. The third kappa shape index (κ3) is 12.4.